The van der Waals surface area contributed by atoms with Crippen molar-refractivity contribution in [1.82, 2.24) is 0 Å². The second kappa shape index (κ2) is 10.4. The Balaban J connectivity index is 1.38. The molecule has 0 atom stereocenters. The lowest BCUT2D eigenvalue weighted by Crippen LogP contribution is -1.93. The van der Waals surface area contributed by atoms with Crippen LogP contribution in [0.5, 0.6) is 0 Å². The fourth-order valence-electron chi connectivity index (χ4n) is 6.86. The van der Waals surface area contributed by atoms with Crippen molar-refractivity contribution in [1.29, 1.82) is 0 Å². The Bertz CT molecular complexity index is 2730. The maximum atomic E-state index is 8.82. The number of benzene rings is 8. The highest BCUT2D eigenvalue weighted by Gasteiger charge is 2.21. The van der Waals surface area contributed by atoms with Crippen LogP contribution in [0.2, 0.25) is 0 Å². The molecule has 0 aliphatic carbocycles. The third-order valence-corrected chi connectivity index (χ3v) is 8.77. The van der Waals surface area contributed by atoms with E-state index in [0.29, 0.717) is 5.56 Å². The van der Waals surface area contributed by atoms with Crippen molar-refractivity contribution >= 4 is 43.5 Å². The van der Waals surface area contributed by atoms with E-state index in [1.165, 1.54) is 0 Å². The first-order valence-corrected chi connectivity index (χ1v) is 15.0. The lowest BCUT2D eigenvalue weighted by molar-refractivity contribution is 0.669. The van der Waals surface area contributed by atoms with E-state index in [1.807, 2.05) is 78.9 Å². The quantitative estimate of drug-likeness (QED) is 0.190. The average molecular weight is 578 g/mol. The van der Waals surface area contributed by atoms with Crippen molar-refractivity contribution in [2.45, 2.75) is 0 Å². The van der Waals surface area contributed by atoms with Crippen molar-refractivity contribution < 1.29 is 11.3 Å². The summed E-state index contributed by atoms with van der Waals surface area (Å²) in [7, 11) is 0. The van der Waals surface area contributed by atoms with Crippen molar-refractivity contribution in [3.05, 3.63) is 170 Å². The molecule has 0 amide bonds. The molecule has 8 aromatic carbocycles. The Labute approximate surface area is 268 Å². The van der Waals surface area contributed by atoms with E-state index in [-0.39, 0.29) is 29.7 Å². The summed E-state index contributed by atoms with van der Waals surface area (Å²) in [6.07, 6.45) is 0. The van der Waals surface area contributed by atoms with Crippen molar-refractivity contribution in [2.24, 2.45) is 0 Å². The van der Waals surface area contributed by atoms with Crippen LogP contribution in [-0.4, -0.2) is 0 Å². The van der Waals surface area contributed by atoms with Gasteiger partial charge in [0.05, 0.1) is 6.85 Å². The maximum absolute atomic E-state index is 8.82. The second-order valence-corrected chi connectivity index (χ2v) is 11.2. The first kappa shape index (κ1) is 20.9. The van der Waals surface area contributed by atoms with Gasteiger partial charge in [-0.15, -0.1) is 0 Å². The number of rotatable bonds is 4. The zero-order chi connectivity index (χ0) is 34.1. The topological polar surface area (TPSA) is 13.1 Å². The maximum Gasteiger partial charge on any atom is 0.136 e. The molecule has 0 unspecified atom stereocenters. The van der Waals surface area contributed by atoms with E-state index in [4.69, 9.17) is 11.3 Å². The minimum Gasteiger partial charge on any atom is -0.456 e. The smallest absolute Gasteiger partial charge is 0.136 e. The van der Waals surface area contributed by atoms with E-state index in [9.17, 15) is 0 Å². The Morgan fingerprint density at radius 3 is 1.64 bits per heavy atom. The molecule has 9 rings (SSSR count). The van der Waals surface area contributed by atoms with Crippen LogP contribution in [-0.2, 0) is 0 Å². The Kier molecular flexibility index (Phi) is 4.81. The van der Waals surface area contributed by atoms with Gasteiger partial charge in [0.2, 0.25) is 0 Å². The molecule has 0 aliphatic rings. The van der Waals surface area contributed by atoms with E-state index >= 15 is 0 Å². The Morgan fingerprint density at radius 1 is 0.378 bits per heavy atom. The minimum atomic E-state index is -0.404. The second-order valence-electron chi connectivity index (χ2n) is 11.2. The lowest BCUT2D eigenvalue weighted by Gasteiger charge is -2.20. The molecule has 9 aromatic rings. The van der Waals surface area contributed by atoms with Crippen LogP contribution in [0, 0.1) is 0 Å². The van der Waals surface area contributed by atoms with E-state index in [1.54, 1.807) is 0 Å². The molecule has 0 fully saturated rings. The van der Waals surface area contributed by atoms with Crippen molar-refractivity contribution in [3.8, 4) is 44.5 Å². The van der Waals surface area contributed by atoms with E-state index in [0.717, 1.165) is 76.9 Å². The normalized spacial score (nSPS) is 13.1. The number of hydrogen-bond donors (Lipinski definition) is 0. The van der Waals surface area contributed by atoms with Crippen LogP contribution in [0.4, 0.5) is 0 Å². The molecule has 0 saturated carbocycles. The zero-order valence-corrected chi connectivity index (χ0v) is 24.2. The lowest BCUT2D eigenvalue weighted by atomic mass is 9.83. The Morgan fingerprint density at radius 2 is 0.956 bits per heavy atom. The summed E-state index contributed by atoms with van der Waals surface area (Å²) in [5.74, 6) is 0. The number of fused-ring (bicyclic) bond motifs is 5. The fourth-order valence-corrected chi connectivity index (χ4v) is 6.86. The van der Waals surface area contributed by atoms with Crippen LogP contribution in [0.1, 0.15) is 6.85 Å². The van der Waals surface area contributed by atoms with Gasteiger partial charge in [0.1, 0.15) is 11.2 Å². The van der Waals surface area contributed by atoms with Crippen LogP contribution >= 0.6 is 0 Å². The molecular formula is C44H28O. The summed E-state index contributed by atoms with van der Waals surface area (Å²) < 4.78 is 49.1. The zero-order valence-electron chi connectivity index (χ0n) is 29.2. The molecule has 0 radical (unpaired) electrons. The summed E-state index contributed by atoms with van der Waals surface area (Å²) in [6.45, 7) is 0. The third-order valence-electron chi connectivity index (χ3n) is 8.77. The summed E-state index contributed by atoms with van der Waals surface area (Å²) in [5.41, 5.74) is 8.54. The molecule has 210 valence electrons. The Hall–Kier alpha value is -5.92. The average Bonchev–Trinajstić information content (AvgIpc) is 3.54. The van der Waals surface area contributed by atoms with Crippen molar-refractivity contribution in [2.75, 3.05) is 0 Å². The number of furan rings is 1. The summed E-state index contributed by atoms with van der Waals surface area (Å²) in [6, 6.07) is 45.7. The molecule has 0 aliphatic heterocycles. The van der Waals surface area contributed by atoms with Gasteiger partial charge in [-0.2, -0.15) is 0 Å². The monoisotopic (exact) mass is 577 g/mol. The largest absolute Gasteiger partial charge is 0.456 e. The highest BCUT2D eigenvalue weighted by atomic mass is 16.3. The summed E-state index contributed by atoms with van der Waals surface area (Å²) >= 11 is 0. The molecule has 45 heavy (non-hydrogen) atoms. The molecule has 0 saturated heterocycles. The summed E-state index contributed by atoms with van der Waals surface area (Å²) in [4.78, 5) is 0. The molecule has 1 heteroatoms. The van der Waals surface area contributed by atoms with Gasteiger partial charge < -0.3 is 4.42 Å². The molecule has 0 bridgehead atoms. The molecule has 0 N–H and O–H groups in total. The predicted molar refractivity (Wildman–Crippen MR) is 190 cm³/mol. The molecule has 1 aromatic heterocycles. The van der Waals surface area contributed by atoms with Gasteiger partial charge in [-0.05, 0) is 84.3 Å². The van der Waals surface area contributed by atoms with E-state index < -0.39 is 6.04 Å². The van der Waals surface area contributed by atoms with Gasteiger partial charge in [-0.1, -0.05) is 152 Å². The van der Waals surface area contributed by atoms with Gasteiger partial charge in [-0.25, -0.2) is 0 Å². The van der Waals surface area contributed by atoms with Gasteiger partial charge in [0.15, 0.2) is 0 Å². The minimum absolute atomic E-state index is 0.188. The molecule has 1 heterocycles. The van der Waals surface area contributed by atoms with Gasteiger partial charge in [0, 0.05) is 10.8 Å². The molecular weight excluding hydrogens is 544 g/mol. The summed E-state index contributed by atoms with van der Waals surface area (Å²) in [5, 5.41) is 6.16. The standard InChI is InChI=1S/C44H28O/c1-3-14-29(15-4-1)31-26-27-40-39(28-31)44-38(24-13-25-41(44)45-40)43-36-22-11-9-20-34(36)42(35-21-10-12-23-37(35)43)33-19-8-7-18-32(33)30-16-5-2-6-17-30/h1-28H/i2D,5D,6D,16D,17D. The van der Waals surface area contributed by atoms with Gasteiger partial charge in [-0.3, -0.25) is 0 Å². The highest BCUT2D eigenvalue weighted by molar-refractivity contribution is 6.26. The van der Waals surface area contributed by atoms with Crippen LogP contribution in [0.3, 0.4) is 0 Å². The highest BCUT2D eigenvalue weighted by Crippen LogP contribution is 2.48. The fraction of sp³-hybridized carbons (Fsp3) is 0. The SMILES string of the molecule is [2H]c1c([2H])c([2H])c(-c2ccccc2-c2c3ccccc3c(-c3cccc4oc5ccc(-c6ccccc6)cc5c34)c3ccccc23)c([2H])c1[2H]. The first-order chi connectivity index (χ1) is 24.4. The predicted octanol–water partition coefficient (Wildman–Crippen LogP) is 12.6. The van der Waals surface area contributed by atoms with Crippen LogP contribution in [0.15, 0.2) is 174 Å². The molecule has 0 spiro atoms. The van der Waals surface area contributed by atoms with Gasteiger partial charge >= 0.3 is 0 Å². The van der Waals surface area contributed by atoms with E-state index in [2.05, 4.69) is 60.7 Å². The van der Waals surface area contributed by atoms with Crippen molar-refractivity contribution in [3.63, 3.8) is 0 Å². The first-order valence-electron chi connectivity index (χ1n) is 17.5. The van der Waals surface area contributed by atoms with Gasteiger partial charge in [0.25, 0.3) is 0 Å². The number of hydrogen-bond acceptors (Lipinski definition) is 1. The molecule has 1 nitrogen and oxygen atoms in total. The van der Waals surface area contributed by atoms with Crippen LogP contribution < -0.4 is 0 Å². The van der Waals surface area contributed by atoms with Crippen LogP contribution in [0.25, 0.3) is 88.0 Å². The third kappa shape index (κ3) is 4.09.